The Morgan fingerprint density at radius 2 is 1.42 bits per heavy atom. The first-order chi connectivity index (χ1) is 5.43. The van der Waals surface area contributed by atoms with E-state index in [-0.39, 0.29) is 24.7 Å². The molecule has 0 saturated heterocycles. The fraction of sp³-hybridized carbons (Fsp3) is 0.571. The average molecular weight is 173 g/mol. The number of amides is 1. The SMILES string of the molecule is CC(=O)CN(CC(C)=O)C(=O)O. The molecule has 0 aromatic heterocycles. The second-order valence-corrected chi connectivity index (χ2v) is 2.54. The summed E-state index contributed by atoms with van der Waals surface area (Å²) in [6.07, 6.45) is -1.25. The van der Waals surface area contributed by atoms with Crippen molar-refractivity contribution in [3.05, 3.63) is 0 Å². The molecule has 12 heavy (non-hydrogen) atoms. The van der Waals surface area contributed by atoms with Gasteiger partial charge in [0.25, 0.3) is 0 Å². The summed E-state index contributed by atoms with van der Waals surface area (Å²) in [5.41, 5.74) is 0. The number of ketones is 2. The van der Waals surface area contributed by atoms with E-state index in [1.807, 2.05) is 0 Å². The molecule has 0 saturated carbocycles. The summed E-state index contributed by atoms with van der Waals surface area (Å²) in [6.45, 7) is 2.09. The van der Waals surface area contributed by atoms with Crippen LogP contribution in [0.1, 0.15) is 13.8 Å². The molecule has 5 nitrogen and oxygen atoms in total. The van der Waals surface area contributed by atoms with E-state index in [4.69, 9.17) is 5.11 Å². The van der Waals surface area contributed by atoms with Gasteiger partial charge < -0.3 is 5.11 Å². The Bertz CT molecular complexity index is 195. The summed E-state index contributed by atoms with van der Waals surface area (Å²) in [5.74, 6) is -0.558. The van der Waals surface area contributed by atoms with Gasteiger partial charge in [0, 0.05) is 0 Å². The predicted molar refractivity (Wildman–Crippen MR) is 41.0 cm³/mol. The Balaban J connectivity index is 4.14. The topological polar surface area (TPSA) is 74.7 Å². The van der Waals surface area contributed by atoms with Crippen LogP contribution in [0.5, 0.6) is 0 Å². The molecule has 0 aromatic carbocycles. The molecule has 0 fully saturated rings. The maximum atomic E-state index is 10.5. The lowest BCUT2D eigenvalue weighted by Crippen LogP contribution is -2.37. The van der Waals surface area contributed by atoms with Gasteiger partial charge in [0.05, 0.1) is 13.1 Å². The largest absolute Gasteiger partial charge is 0.465 e. The summed E-state index contributed by atoms with van der Waals surface area (Å²) >= 11 is 0. The quantitative estimate of drug-likeness (QED) is 0.656. The van der Waals surface area contributed by atoms with Crippen LogP contribution >= 0.6 is 0 Å². The van der Waals surface area contributed by atoms with E-state index < -0.39 is 6.09 Å². The first-order valence-corrected chi connectivity index (χ1v) is 3.40. The molecule has 0 aromatic rings. The smallest absolute Gasteiger partial charge is 0.408 e. The van der Waals surface area contributed by atoms with E-state index in [9.17, 15) is 14.4 Å². The zero-order valence-corrected chi connectivity index (χ0v) is 7.03. The van der Waals surface area contributed by atoms with Gasteiger partial charge in [0.15, 0.2) is 0 Å². The van der Waals surface area contributed by atoms with Crippen molar-refractivity contribution in [3.8, 4) is 0 Å². The molecule has 1 N–H and O–H groups in total. The monoisotopic (exact) mass is 173 g/mol. The van der Waals surface area contributed by atoms with Crippen LogP contribution < -0.4 is 0 Å². The van der Waals surface area contributed by atoms with E-state index in [0.29, 0.717) is 0 Å². The Morgan fingerprint density at radius 3 is 1.58 bits per heavy atom. The molecule has 0 unspecified atom stereocenters. The highest BCUT2D eigenvalue weighted by atomic mass is 16.4. The van der Waals surface area contributed by atoms with Gasteiger partial charge in [-0.3, -0.25) is 14.5 Å². The van der Waals surface area contributed by atoms with Crippen molar-refractivity contribution in [2.45, 2.75) is 13.8 Å². The number of rotatable bonds is 4. The highest BCUT2D eigenvalue weighted by Crippen LogP contribution is 1.90. The van der Waals surface area contributed by atoms with Gasteiger partial charge in [0.2, 0.25) is 0 Å². The Morgan fingerprint density at radius 1 is 1.08 bits per heavy atom. The van der Waals surface area contributed by atoms with Gasteiger partial charge in [-0.1, -0.05) is 0 Å². The van der Waals surface area contributed by atoms with Gasteiger partial charge in [-0.25, -0.2) is 4.79 Å². The molecule has 0 heterocycles. The lowest BCUT2D eigenvalue weighted by molar-refractivity contribution is -0.120. The highest BCUT2D eigenvalue weighted by Gasteiger charge is 2.14. The van der Waals surface area contributed by atoms with Crippen LogP contribution in [0.3, 0.4) is 0 Å². The Labute approximate surface area is 70.0 Å². The lowest BCUT2D eigenvalue weighted by atomic mass is 10.3. The summed E-state index contributed by atoms with van der Waals surface area (Å²) in [5, 5.41) is 8.49. The summed E-state index contributed by atoms with van der Waals surface area (Å²) < 4.78 is 0. The normalized spacial score (nSPS) is 9.17. The number of Topliss-reactive ketones (excluding diaryl/α,β-unsaturated/α-hetero) is 2. The van der Waals surface area contributed by atoms with Crippen LogP contribution in [0.4, 0.5) is 4.79 Å². The van der Waals surface area contributed by atoms with Gasteiger partial charge in [0.1, 0.15) is 11.6 Å². The maximum absolute atomic E-state index is 10.5. The van der Waals surface area contributed by atoms with Gasteiger partial charge in [-0.15, -0.1) is 0 Å². The molecule has 68 valence electrons. The first kappa shape index (κ1) is 10.6. The average Bonchev–Trinajstić information content (AvgIpc) is 1.83. The van der Waals surface area contributed by atoms with E-state index in [1.54, 1.807) is 0 Å². The van der Waals surface area contributed by atoms with Crippen molar-refractivity contribution in [1.29, 1.82) is 0 Å². The van der Waals surface area contributed by atoms with Crippen LogP contribution in [0.2, 0.25) is 0 Å². The molecule has 0 atom stereocenters. The van der Waals surface area contributed by atoms with Crippen molar-refractivity contribution >= 4 is 17.7 Å². The predicted octanol–water partition coefficient (Wildman–Crippen LogP) is 0.144. The van der Waals surface area contributed by atoms with E-state index in [0.717, 1.165) is 4.90 Å². The summed E-state index contributed by atoms with van der Waals surface area (Å²) in [4.78, 5) is 32.2. The molecule has 0 radical (unpaired) electrons. The summed E-state index contributed by atoms with van der Waals surface area (Å²) in [7, 11) is 0. The molecular formula is C7H11NO4. The lowest BCUT2D eigenvalue weighted by Gasteiger charge is -2.14. The minimum Gasteiger partial charge on any atom is -0.465 e. The number of carbonyl (C=O) groups excluding carboxylic acids is 2. The number of carboxylic acid groups (broad SMARTS) is 1. The fourth-order valence-electron chi connectivity index (χ4n) is 0.729. The van der Waals surface area contributed by atoms with E-state index in [1.165, 1.54) is 13.8 Å². The number of hydrogen-bond acceptors (Lipinski definition) is 3. The molecule has 0 aliphatic heterocycles. The Hall–Kier alpha value is -1.39. The van der Waals surface area contributed by atoms with E-state index >= 15 is 0 Å². The second-order valence-electron chi connectivity index (χ2n) is 2.54. The van der Waals surface area contributed by atoms with Crippen molar-refractivity contribution in [1.82, 2.24) is 4.90 Å². The van der Waals surface area contributed by atoms with Crippen LogP contribution in [-0.4, -0.2) is 40.8 Å². The van der Waals surface area contributed by atoms with Crippen molar-refractivity contribution in [2.75, 3.05) is 13.1 Å². The van der Waals surface area contributed by atoms with Gasteiger partial charge in [-0.2, -0.15) is 0 Å². The Kier molecular flexibility index (Phi) is 3.96. The van der Waals surface area contributed by atoms with Gasteiger partial charge in [-0.05, 0) is 13.8 Å². The third kappa shape index (κ3) is 4.43. The van der Waals surface area contributed by atoms with Crippen molar-refractivity contribution in [3.63, 3.8) is 0 Å². The zero-order chi connectivity index (χ0) is 9.72. The third-order valence-electron chi connectivity index (χ3n) is 1.10. The molecule has 0 aliphatic carbocycles. The standard InChI is InChI=1S/C7H11NO4/c1-5(9)3-8(7(11)12)4-6(2)10/h3-4H2,1-2H3,(H,11,12). The molecule has 5 heteroatoms. The highest BCUT2D eigenvalue weighted by molar-refractivity contribution is 5.85. The molecule has 0 bridgehead atoms. The van der Waals surface area contributed by atoms with Crippen LogP contribution in [0.25, 0.3) is 0 Å². The van der Waals surface area contributed by atoms with Crippen molar-refractivity contribution < 1.29 is 19.5 Å². The number of carbonyl (C=O) groups is 3. The maximum Gasteiger partial charge on any atom is 0.408 e. The first-order valence-electron chi connectivity index (χ1n) is 3.40. The third-order valence-corrected chi connectivity index (χ3v) is 1.10. The molecule has 0 aliphatic rings. The molecule has 0 spiro atoms. The van der Waals surface area contributed by atoms with Crippen LogP contribution in [0, 0.1) is 0 Å². The minimum atomic E-state index is -1.25. The minimum absolute atomic E-state index is 0.227. The second kappa shape index (κ2) is 4.48. The molecular weight excluding hydrogens is 162 g/mol. The van der Waals surface area contributed by atoms with E-state index in [2.05, 4.69) is 0 Å². The number of hydrogen-bond donors (Lipinski definition) is 1. The zero-order valence-electron chi connectivity index (χ0n) is 7.03. The molecule has 0 rings (SSSR count). The van der Waals surface area contributed by atoms with Crippen LogP contribution in [0.15, 0.2) is 0 Å². The fourth-order valence-corrected chi connectivity index (χ4v) is 0.729. The van der Waals surface area contributed by atoms with Gasteiger partial charge >= 0.3 is 6.09 Å². The molecule has 1 amide bonds. The number of nitrogens with zero attached hydrogens (tertiary/aromatic N) is 1. The summed E-state index contributed by atoms with van der Waals surface area (Å²) in [6, 6.07) is 0. The van der Waals surface area contributed by atoms with Crippen molar-refractivity contribution in [2.24, 2.45) is 0 Å². The van der Waals surface area contributed by atoms with Crippen LogP contribution in [-0.2, 0) is 9.59 Å².